The molecule has 0 spiro atoms. The van der Waals surface area contributed by atoms with Crippen LogP contribution in [0, 0.1) is 0 Å². The SMILES string of the molecule is CC1(c2csc(CO[Si](C)(C)C(C)(C)C)c2)OCCO1. The highest BCUT2D eigenvalue weighted by Crippen LogP contribution is 2.38. The van der Waals surface area contributed by atoms with Crippen molar-refractivity contribution in [1.29, 1.82) is 0 Å². The largest absolute Gasteiger partial charge is 0.412 e. The summed E-state index contributed by atoms with van der Waals surface area (Å²) < 4.78 is 17.6. The van der Waals surface area contributed by atoms with E-state index in [4.69, 9.17) is 13.9 Å². The van der Waals surface area contributed by atoms with Gasteiger partial charge < -0.3 is 13.9 Å². The molecule has 0 amide bonds. The number of hydrogen-bond donors (Lipinski definition) is 0. The predicted molar refractivity (Wildman–Crippen MR) is 85.6 cm³/mol. The van der Waals surface area contributed by atoms with E-state index in [1.165, 1.54) is 4.88 Å². The van der Waals surface area contributed by atoms with Crippen LogP contribution in [0.2, 0.25) is 18.1 Å². The molecule has 114 valence electrons. The minimum absolute atomic E-state index is 0.247. The highest BCUT2D eigenvalue weighted by molar-refractivity contribution is 7.10. The van der Waals surface area contributed by atoms with Crippen LogP contribution in [0.1, 0.15) is 38.1 Å². The standard InChI is InChI=1S/C15H26O3SSi/c1-14(2,3)20(5,6)18-10-13-9-12(11-19-13)15(4)16-7-8-17-15/h9,11H,7-8,10H2,1-6H3. The molecule has 2 rings (SSSR count). The lowest BCUT2D eigenvalue weighted by Crippen LogP contribution is -2.40. The molecule has 0 aromatic carbocycles. The van der Waals surface area contributed by atoms with Gasteiger partial charge >= 0.3 is 0 Å². The summed E-state index contributed by atoms with van der Waals surface area (Å²) in [5, 5.41) is 2.37. The smallest absolute Gasteiger partial charge is 0.192 e. The van der Waals surface area contributed by atoms with E-state index in [9.17, 15) is 0 Å². The van der Waals surface area contributed by atoms with Crippen LogP contribution in [-0.4, -0.2) is 21.5 Å². The van der Waals surface area contributed by atoms with Crippen molar-refractivity contribution in [3.8, 4) is 0 Å². The molecule has 0 saturated carbocycles. The van der Waals surface area contributed by atoms with Crippen LogP contribution in [0.3, 0.4) is 0 Å². The van der Waals surface area contributed by atoms with Gasteiger partial charge in [-0.05, 0) is 36.5 Å². The number of thiophene rings is 1. The maximum absolute atomic E-state index is 6.26. The number of hydrogen-bond acceptors (Lipinski definition) is 4. The van der Waals surface area contributed by atoms with Crippen LogP contribution in [0.25, 0.3) is 0 Å². The van der Waals surface area contributed by atoms with E-state index in [1.807, 2.05) is 6.92 Å². The van der Waals surface area contributed by atoms with Crippen LogP contribution in [0.5, 0.6) is 0 Å². The van der Waals surface area contributed by atoms with Gasteiger partial charge in [0.25, 0.3) is 0 Å². The van der Waals surface area contributed by atoms with Crippen LogP contribution >= 0.6 is 11.3 Å². The summed E-state index contributed by atoms with van der Waals surface area (Å²) >= 11 is 1.72. The van der Waals surface area contributed by atoms with Crippen LogP contribution in [0.15, 0.2) is 11.4 Å². The molecule has 0 N–H and O–H groups in total. The molecule has 0 bridgehead atoms. The third kappa shape index (κ3) is 3.34. The van der Waals surface area contributed by atoms with Gasteiger partial charge in [0.1, 0.15) is 0 Å². The van der Waals surface area contributed by atoms with E-state index in [1.54, 1.807) is 11.3 Å². The first-order valence-corrected chi connectivity index (χ1v) is 10.9. The fourth-order valence-electron chi connectivity index (χ4n) is 1.84. The van der Waals surface area contributed by atoms with E-state index < -0.39 is 14.1 Å². The summed E-state index contributed by atoms with van der Waals surface area (Å²) in [5.41, 5.74) is 1.11. The third-order valence-electron chi connectivity index (χ3n) is 4.40. The molecule has 5 heteroatoms. The Hall–Kier alpha value is -0.203. The third-order valence-corrected chi connectivity index (χ3v) is 9.79. The van der Waals surface area contributed by atoms with Crippen molar-refractivity contribution in [2.45, 2.75) is 58.2 Å². The Kier molecular flexibility index (Phi) is 4.48. The van der Waals surface area contributed by atoms with E-state index in [0.29, 0.717) is 19.8 Å². The van der Waals surface area contributed by atoms with Crippen molar-refractivity contribution in [1.82, 2.24) is 0 Å². The minimum Gasteiger partial charge on any atom is -0.412 e. The molecule has 1 saturated heterocycles. The molecule has 1 aliphatic rings. The molecule has 3 nitrogen and oxygen atoms in total. The van der Waals surface area contributed by atoms with E-state index in [0.717, 1.165) is 5.56 Å². The van der Waals surface area contributed by atoms with E-state index in [-0.39, 0.29) is 5.04 Å². The van der Waals surface area contributed by atoms with Crippen molar-refractivity contribution in [2.75, 3.05) is 13.2 Å². The summed E-state index contributed by atoms with van der Waals surface area (Å²) in [4.78, 5) is 1.24. The second kappa shape index (κ2) is 5.53. The monoisotopic (exact) mass is 314 g/mol. The second-order valence-corrected chi connectivity index (χ2v) is 12.8. The lowest BCUT2D eigenvalue weighted by atomic mass is 10.1. The molecule has 2 heterocycles. The molecule has 0 atom stereocenters. The fourth-order valence-corrected chi connectivity index (χ4v) is 3.78. The number of rotatable bonds is 4. The van der Waals surface area contributed by atoms with Crippen LogP contribution in [0.4, 0.5) is 0 Å². The fraction of sp³-hybridized carbons (Fsp3) is 0.733. The summed E-state index contributed by atoms with van der Waals surface area (Å²) in [7, 11) is -1.68. The Morgan fingerprint density at radius 3 is 2.45 bits per heavy atom. The molecule has 0 aliphatic carbocycles. The van der Waals surface area contributed by atoms with Crippen molar-refractivity contribution in [2.24, 2.45) is 0 Å². The molecule has 1 aromatic rings. The molecule has 0 unspecified atom stereocenters. The minimum atomic E-state index is -1.68. The van der Waals surface area contributed by atoms with Gasteiger partial charge in [-0.3, -0.25) is 0 Å². The Labute approximate surface area is 127 Å². The lowest BCUT2D eigenvalue weighted by molar-refractivity contribution is -0.149. The van der Waals surface area contributed by atoms with Gasteiger partial charge in [0.05, 0.1) is 19.8 Å². The van der Waals surface area contributed by atoms with Gasteiger partial charge in [0.15, 0.2) is 14.1 Å². The Morgan fingerprint density at radius 1 is 1.30 bits per heavy atom. The maximum Gasteiger partial charge on any atom is 0.192 e. The first kappa shape index (κ1) is 16.2. The topological polar surface area (TPSA) is 27.7 Å². The predicted octanol–water partition coefficient (Wildman–Crippen LogP) is 4.49. The first-order valence-electron chi connectivity index (χ1n) is 7.14. The summed E-state index contributed by atoms with van der Waals surface area (Å²) in [6.45, 7) is 15.4. The molecule has 20 heavy (non-hydrogen) atoms. The summed E-state index contributed by atoms with van der Waals surface area (Å²) in [6.07, 6.45) is 0. The molecule has 1 aromatic heterocycles. The van der Waals surface area contributed by atoms with Crippen LogP contribution in [-0.2, 0) is 26.3 Å². The summed E-state index contributed by atoms with van der Waals surface area (Å²) in [5.74, 6) is -0.564. The van der Waals surface area contributed by atoms with E-state index >= 15 is 0 Å². The maximum atomic E-state index is 6.26. The van der Waals surface area contributed by atoms with Gasteiger partial charge in [-0.2, -0.15) is 0 Å². The molecular formula is C15H26O3SSi. The zero-order valence-corrected chi connectivity index (χ0v) is 15.2. The zero-order chi connectivity index (χ0) is 15.0. The van der Waals surface area contributed by atoms with Crippen molar-refractivity contribution < 1.29 is 13.9 Å². The molecule has 1 fully saturated rings. The van der Waals surface area contributed by atoms with Gasteiger partial charge in [0.2, 0.25) is 0 Å². The first-order chi connectivity index (χ1) is 9.14. The highest BCUT2D eigenvalue weighted by Gasteiger charge is 2.37. The van der Waals surface area contributed by atoms with Gasteiger partial charge in [-0.25, -0.2) is 0 Å². The highest BCUT2D eigenvalue weighted by atomic mass is 32.1. The Morgan fingerprint density at radius 2 is 1.90 bits per heavy atom. The second-order valence-electron chi connectivity index (χ2n) is 6.99. The van der Waals surface area contributed by atoms with Gasteiger partial charge in [0, 0.05) is 10.4 Å². The van der Waals surface area contributed by atoms with Crippen molar-refractivity contribution in [3.05, 3.63) is 21.9 Å². The zero-order valence-electron chi connectivity index (χ0n) is 13.4. The van der Waals surface area contributed by atoms with Gasteiger partial charge in [-0.15, -0.1) is 11.3 Å². The normalized spacial score (nSPS) is 19.5. The van der Waals surface area contributed by atoms with Crippen molar-refractivity contribution >= 4 is 19.7 Å². The number of ether oxygens (including phenoxy) is 2. The summed E-state index contributed by atoms with van der Waals surface area (Å²) in [6, 6.07) is 2.16. The van der Waals surface area contributed by atoms with Gasteiger partial charge in [-0.1, -0.05) is 20.8 Å². The molecule has 0 radical (unpaired) electrons. The molecule has 1 aliphatic heterocycles. The average Bonchev–Trinajstić information content (AvgIpc) is 2.94. The van der Waals surface area contributed by atoms with Crippen LogP contribution < -0.4 is 0 Å². The molecular weight excluding hydrogens is 288 g/mol. The lowest BCUT2D eigenvalue weighted by Gasteiger charge is -2.36. The van der Waals surface area contributed by atoms with Crippen molar-refractivity contribution in [3.63, 3.8) is 0 Å². The van der Waals surface area contributed by atoms with E-state index in [2.05, 4.69) is 45.3 Å². The average molecular weight is 315 g/mol. The Balaban J connectivity index is 2.00. The quantitative estimate of drug-likeness (QED) is 0.766. The Bertz CT molecular complexity index is 456.